The molecular formula is C14H17ClN2O3S. The Kier molecular flexibility index (Phi) is 5.22. The van der Waals surface area contributed by atoms with Gasteiger partial charge in [0.25, 0.3) is 0 Å². The first-order chi connectivity index (χ1) is 9.95. The number of sulfonamides is 1. The van der Waals surface area contributed by atoms with Crippen molar-refractivity contribution in [2.45, 2.75) is 17.7 Å². The maximum Gasteiger partial charge on any atom is 0.244 e. The van der Waals surface area contributed by atoms with Crippen molar-refractivity contribution < 1.29 is 13.2 Å². The largest absolute Gasteiger partial charge is 0.381 e. The van der Waals surface area contributed by atoms with E-state index in [0.29, 0.717) is 13.2 Å². The van der Waals surface area contributed by atoms with Crippen LogP contribution < -0.4 is 0 Å². The highest BCUT2D eigenvalue weighted by Crippen LogP contribution is 2.26. The molecule has 0 bridgehead atoms. The first kappa shape index (κ1) is 16.2. The van der Waals surface area contributed by atoms with Gasteiger partial charge in [0.2, 0.25) is 10.0 Å². The SMILES string of the molecule is CN(CC1CCCOC1)S(=O)(=O)c1cc(C#N)ccc1Cl. The molecule has 114 valence electrons. The van der Waals surface area contributed by atoms with E-state index < -0.39 is 10.0 Å². The van der Waals surface area contributed by atoms with E-state index in [1.165, 1.54) is 29.6 Å². The predicted octanol–water partition coefficient (Wildman–Crippen LogP) is 2.26. The van der Waals surface area contributed by atoms with E-state index in [4.69, 9.17) is 21.6 Å². The van der Waals surface area contributed by atoms with Crippen molar-refractivity contribution in [3.8, 4) is 6.07 Å². The third-order valence-electron chi connectivity index (χ3n) is 3.52. The summed E-state index contributed by atoms with van der Waals surface area (Å²) in [7, 11) is -2.18. The minimum absolute atomic E-state index is 0.0255. The minimum Gasteiger partial charge on any atom is -0.381 e. The summed E-state index contributed by atoms with van der Waals surface area (Å²) in [6.45, 7) is 1.70. The highest BCUT2D eigenvalue weighted by molar-refractivity contribution is 7.89. The molecule has 1 atom stereocenters. The molecule has 0 radical (unpaired) electrons. The number of rotatable bonds is 4. The van der Waals surface area contributed by atoms with Crippen LogP contribution in [0.25, 0.3) is 0 Å². The Hall–Kier alpha value is -1.13. The van der Waals surface area contributed by atoms with Gasteiger partial charge in [-0.25, -0.2) is 12.7 Å². The van der Waals surface area contributed by atoms with Crippen LogP contribution in [0, 0.1) is 17.2 Å². The van der Waals surface area contributed by atoms with Crippen LogP contribution in [0.2, 0.25) is 5.02 Å². The van der Waals surface area contributed by atoms with Crippen molar-refractivity contribution in [1.29, 1.82) is 5.26 Å². The molecule has 2 rings (SSSR count). The average Bonchev–Trinajstić information content (AvgIpc) is 2.48. The lowest BCUT2D eigenvalue weighted by atomic mass is 10.0. The van der Waals surface area contributed by atoms with Gasteiger partial charge < -0.3 is 4.74 Å². The zero-order valence-corrected chi connectivity index (χ0v) is 13.3. The van der Waals surface area contributed by atoms with Gasteiger partial charge in [0.15, 0.2) is 0 Å². The minimum atomic E-state index is -3.71. The molecule has 1 fully saturated rings. The molecule has 1 aromatic rings. The van der Waals surface area contributed by atoms with Crippen molar-refractivity contribution in [2.24, 2.45) is 5.92 Å². The van der Waals surface area contributed by atoms with E-state index in [0.717, 1.165) is 19.4 Å². The molecule has 7 heteroatoms. The van der Waals surface area contributed by atoms with Crippen molar-refractivity contribution in [1.82, 2.24) is 4.31 Å². The number of ether oxygens (including phenoxy) is 1. The molecule has 1 aliphatic rings. The fraction of sp³-hybridized carbons (Fsp3) is 0.500. The summed E-state index contributed by atoms with van der Waals surface area (Å²) in [6, 6.07) is 6.17. The van der Waals surface area contributed by atoms with E-state index in [2.05, 4.69) is 0 Å². The van der Waals surface area contributed by atoms with Gasteiger partial charge in [0, 0.05) is 20.2 Å². The summed E-state index contributed by atoms with van der Waals surface area (Å²) in [4.78, 5) is -0.0255. The molecular weight excluding hydrogens is 312 g/mol. The molecule has 0 spiro atoms. The van der Waals surface area contributed by atoms with Crippen molar-refractivity contribution in [3.63, 3.8) is 0 Å². The van der Waals surface area contributed by atoms with Crippen LogP contribution in [0.1, 0.15) is 18.4 Å². The Labute approximate surface area is 130 Å². The van der Waals surface area contributed by atoms with Crippen LogP contribution in [0.4, 0.5) is 0 Å². The second-order valence-electron chi connectivity index (χ2n) is 5.13. The number of halogens is 1. The zero-order chi connectivity index (χ0) is 15.5. The Morgan fingerprint density at radius 1 is 1.52 bits per heavy atom. The highest BCUT2D eigenvalue weighted by atomic mass is 35.5. The lowest BCUT2D eigenvalue weighted by molar-refractivity contribution is 0.0495. The maximum absolute atomic E-state index is 12.6. The maximum atomic E-state index is 12.6. The van der Waals surface area contributed by atoms with Crippen LogP contribution >= 0.6 is 11.6 Å². The van der Waals surface area contributed by atoms with Gasteiger partial charge in [-0.1, -0.05) is 11.6 Å². The third kappa shape index (κ3) is 3.74. The van der Waals surface area contributed by atoms with Crippen LogP contribution in [0.15, 0.2) is 23.1 Å². The van der Waals surface area contributed by atoms with Crippen LogP contribution in [-0.2, 0) is 14.8 Å². The molecule has 5 nitrogen and oxygen atoms in total. The summed E-state index contributed by atoms with van der Waals surface area (Å²) < 4.78 is 31.8. The van der Waals surface area contributed by atoms with Gasteiger partial charge in [-0.3, -0.25) is 0 Å². The molecule has 0 saturated carbocycles. The molecule has 0 aromatic heterocycles. The third-order valence-corrected chi connectivity index (χ3v) is 5.82. The second-order valence-corrected chi connectivity index (χ2v) is 7.55. The van der Waals surface area contributed by atoms with Crippen molar-refractivity contribution >= 4 is 21.6 Å². The first-order valence-corrected chi connectivity index (χ1v) is 8.50. The lowest BCUT2D eigenvalue weighted by Gasteiger charge is -2.27. The van der Waals surface area contributed by atoms with Crippen molar-refractivity contribution in [3.05, 3.63) is 28.8 Å². The van der Waals surface area contributed by atoms with E-state index in [1.807, 2.05) is 6.07 Å². The van der Waals surface area contributed by atoms with Gasteiger partial charge in [-0.15, -0.1) is 0 Å². The van der Waals surface area contributed by atoms with Gasteiger partial charge in [-0.05, 0) is 37.0 Å². The fourth-order valence-electron chi connectivity index (χ4n) is 2.35. The summed E-state index contributed by atoms with van der Waals surface area (Å²) >= 11 is 5.98. The predicted molar refractivity (Wildman–Crippen MR) is 79.5 cm³/mol. The lowest BCUT2D eigenvalue weighted by Crippen LogP contribution is -2.35. The Morgan fingerprint density at radius 2 is 2.29 bits per heavy atom. The number of nitriles is 1. The van der Waals surface area contributed by atoms with Crippen LogP contribution in [0.5, 0.6) is 0 Å². The average molecular weight is 329 g/mol. The van der Waals surface area contributed by atoms with Gasteiger partial charge in [0.05, 0.1) is 23.3 Å². The standard InChI is InChI=1S/C14H17ClN2O3S/c1-17(9-12-3-2-6-20-10-12)21(18,19)14-7-11(8-16)4-5-13(14)15/h4-5,7,12H,2-3,6,9-10H2,1H3. The zero-order valence-electron chi connectivity index (χ0n) is 11.8. The normalized spacial score (nSPS) is 19.4. The summed E-state index contributed by atoms with van der Waals surface area (Å²) in [6.07, 6.45) is 1.90. The first-order valence-electron chi connectivity index (χ1n) is 6.69. The number of benzene rings is 1. The fourth-order valence-corrected chi connectivity index (χ4v) is 4.09. The van der Waals surface area contributed by atoms with Gasteiger partial charge in [0.1, 0.15) is 4.90 Å². The van der Waals surface area contributed by atoms with Crippen molar-refractivity contribution in [2.75, 3.05) is 26.8 Å². The van der Waals surface area contributed by atoms with Crippen LogP contribution in [-0.4, -0.2) is 39.5 Å². The Bertz CT molecular complexity index is 649. The second kappa shape index (κ2) is 6.75. The summed E-state index contributed by atoms with van der Waals surface area (Å²) in [5.74, 6) is 0.191. The Balaban J connectivity index is 2.22. The van der Waals surface area contributed by atoms with Crippen LogP contribution in [0.3, 0.4) is 0 Å². The molecule has 1 heterocycles. The smallest absolute Gasteiger partial charge is 0.244 e. The Morgan fingerprint density at radius 3 is 2.90 bits per heavy atom. The topological polar surface area (TPSA) is 70.4 Å². The molecule has 1 unspecified atom stereocenters. The molecule has 0 N–H and O–H groups in total. The number of nitrogens with zero attached hydrogens (tertiary/aromatic N) is 2. The highest BCUT2D eigenvalue weighted by Gasteiger charge is 2.27. The molecule has 0 aliphatic carbocycles. The van der Waals surface area contributed by atoms with E-state index in [9.17, 15) is 8.42 Å². The van der Waals surface area contributed by atoms with Gasteiger partial charge in [-0.2, -0.15) is 5.26 Å². The van der Waals surface area contributed by atoms with E-state index in [1.54, 1.807) is 0 Å². The molecule has 1 aliphatic heterocycles. The molecule has 1 saturated heterocycles. The number of hydrogen-bond acceptors (Lipinski definition) is 4. The monoisotopic (exact) mass is 328 g/mol. The summed E-state index contributed by atoms with van der Waals surface area (Å²) in [5.41, 5.74) is 0.271. The molecule has 1 aromatic carbocycles. The quantitative estimate of drug-likeness (QED) is 0.850. The molecule has 0 amide bonds. The van der Waals surface area contributed by atoms with E-state index >= 15 is 0 Å². The van der Waals surface area contributed by atoms with Gasteiger partial charge >= 0.3 is 0 Å². The molecule has 21 heavy (non-hydrogen) atoms. The number of hydrogen-bond donors (Lipinski definition) is 0. The summed E-state index contributed by atoms with van der Waals surface area (Å²) in [5, 5.41) is 9.03. The van der Waals surface area contributed by atoms with E-state index in [-0.39, 0.29) is 21.4 Å².